The summed E-state index contributed by atoms with van der Waals surface area (Å²) in [5, 5.41) is 8.69. The number of amides is 4. The zero-order chi connectivity index (χ0) is 19.2. The molecule has 3 rings (SSSR count). The van der Waals surface area contributed by atoms with E-state index in [0.717, 1.165) is 6.42 Å². The van der Waals surface area contributed by atoms with Gasteiger partial charge in [0.25, 0.3) is 0 Å². The zero-order valence-electron chi connectivity index (χ0n) is 15.8. The maximum absolute atomic E-state index is 12.4. The molecule has 1 saturated carbocycles. The highest BCUT2D eigenvalue weighted by Crippen LogP contribution is 2.28. The Balaban J connectivity index is 1.42. The van der Waals surface area contributed by atoms with Crippen LogP contribution >= 0.6 is 0 Å². The van der Waals surface area contributed by atoms with Crippen molar-refractivity contribution in [3.8, 4) is 0 Å². The van der Waals surface area contributed by atoms with Crippen LogP contribution in [-0.2, 0) is 9.59 Å². The van der Waals surface area contributed by atoms with Crippen molar-refractivity contribution < 1.29 is 14.4 Å². The summed E-state index contributed by atoms with van der Waals surface area (Å²) in [7, 11) is 0. The molecule has 1 aromatic rings. The number of urea groups is 1. The Bertz CT molecular complexity index is 706. The van der Waals surface area contributed by atoms with Crippen LogP contribution in [0.4, 0.5) is 16.2 Å². The van der Waals surface area contributed by atoms with Crippen LogP contribution in [0.1, 0.15) is 45.4 Å². The van der Waals surface area contributed by atoms with Crippen molar-refractivity contribution in [2.75, 3.05) is 23.3 Å². The molecule has 1 heterocycles. The maximum Gasteiger partial charge on any atom is 0.322 e. The van der Waals surface area contributed by atoms with E-state index < -0.39 is 0 Å². The van der Waals surface area contributed by atoms with Gasteiger partial charge in [0.1, 0.15) is 6.54 Å². The lowest BCUT2D eigenvalue weighted by molar-refractivity contribution is -0.122. The largest absolute Gasteiger partial charge is 0.353 e. The van der Waals surface area contributed by atoms with Crippen LogP contribution in [0.25, 0.3) is 0 Å². The van der Waals surface area contributed by atoms with Gasteiger partial charge in [-0.05, 0) is 37.3 Å². The fraction of sp³-hybridized carbons (Fsp3) is 0.550. The number of carbonyl (C=O) groups is 3. The Labute approximate surface area is 159 Å². The fourth-order valence-electron chi connectivity index (χ4n) is 3.76. The van der Waals surface area contributed by atoms with E-state index in [2.05, 4.69) is 22.9 Å². The molecule has 0 unspecified atom stereocenters. The fourth-order valence-corrected chi connectivity index (χ4v) is 3.76. The Kier molecular flexibility index (Phi) is 6.32. The molecule has 1 aliphatic carbocycles. The lowest BCUT2D eigenvalue weighted by Crippen LogP contribution is -2.47. The third-order valence-corrected chi connectivity index (χ3v) is 5.33. The second kappa shape index (κ2) is 8.88. The zero-order valence-corrected chi connectivity index (χ0v) is 15.8. The van der Waals surface area contributed by atoms with Gasteiger partial charge in [0, 0.05) is 19.0 Å². The van der Waals surface area contributed by atoms with Crippen LogP contribution in [0, 0.1) is 5.92 Å². The molecule has 146 valence electrons. The first-order chi connectivity index (χ1) is 13.0. The van der Waals surface area contributed by atoms with Crippen molar-refractivity contribution in [3.05, 3.63) is 24.3 Å². The van der Waals surface area contributed by atoms with Gasteiger partial charge in [-0.2, -0.15) is 0 Å². The summed E-state index contributed by atoms with van der Waals surface area (Å²) < 4.78 is 0. The van der Waals surface area contributed by atoms with Gasteiger partial charge >= 0.3 is 6.03 Å². The van der Waals surface area contributed by atoms with Crippen molar-refractivity contribution in [3.63, 3.8) is 0 Å². The minimum absolute atomic E-state index is 0.0110. The number of anilines is 2. The van der Waals surface area contributed by atoms with Gasteiger partial charge in [0.2, 0.25) is 11.8 Å². The molecule has 0 radical (unpaired) electrons. The monoisotopic (exact) mass is 372 g/mol. The number of hydrogen-bond acceptors (Lipinski definition) is 3. The molecular weight excluding hydrogens is 344 g/mol. The third kappa shape index (κ3) is 4.99. The van der Waals surface area contributed by atoms with Crippen LogP contribution in [0.15, 0.2) is 24.3 Å². The van der Waals surface area contributed by atoms with Gasteiger partial charge in [-0.25, -0.2) is 4.79 Å². The minimum Gasteiger partial charge on any atom is -0.353 e. The van der Waals surface area contributed by atoms with Crippen LogP contribution < -0.4 is 20.9 Å². The summed E-state index contributed by atoms with van der Waals surface area (Å²) in [4.78, 5) is 37.8. The van der Waals surface area contributed by atoms with Crippen molar-refractivity contribution in [1.82, 2.24) is 10.6 Å². The number of hydrogen-bond donors (Lipinski definition) is 3. The molecule has 7 heteroatoms. The summed E-state index contributed by atoms with van der Waals surface area (Å²) in [6.45, 7) is 2.58. The van der Waals surface area contributed by atoms with Crippen LogP contribution in [0.5, 0.6) is 0 Å². The van der Waals surface area contributed by atoms with Crippen molar-refractivity contribution in [2.24, 2.45) is 5.92 Å². The number of nitrogens with one attached hydrogen (secondary N) is 3. The molecule has 0 bridgehead atoms. The molecule has 4 amide bonds. The normalized spacial score (nSPS) is 21.8. The quantitative estimate of drug-likeness (QED) is 0.694. The predicted molar refractivity (Wildman–Crippen MR) is 105 cm³/mol. The average Bonchev–Trinajstić information content (AvgIpc) is 2.66. The van der Waals surface area contributed by atoms with E-state index >= 15 is 0 Å². The molecule has 1 fully saturated rings. The number of para-hydroxylation sites is 2. The summed E-state index contributed by atoms with van der Waals surface area (Å²) in [6.07, 6.45) is 5.61. The van der Waals surface area contributed by atoms with Crippen molar-refractivity contribution in [1.29, 1.82) is 0 Å². The summed E-state index contributed by atoms with van der Waals surface area (Å²) >= 11 is 0. The van der Waals surface area contributed by atoms with E-state index in [1.807, 2.05) is 12.1 Å². The molecule has 27 heavy (non-hydrogen) atoms. The molecule has 7 nitrogen and oxygen atoms in total. The molecule has 2 atom stereocenters. The highest BCUT2D eigenvalue weighted by atomic mass is 16.2. The third-order valence-electron chi connectivity index (χ3n) is 5.33. The van der Waals surface area contributed by atoms with E-state index in [1.165, 1.54) is 24.2 Å². The van der Waals surface area contributed by atoms with Crippen molar-refractivity contribution in [2.45, 2.75) is 51.5 Å². The van der Waals surface area contributed by atoms with E-state index in [-0.39, 0.29) is 30.4 Å². The molecule has 2 aliphatic rings. The van der Waals surface area contributed by atoms with Gasteiger partial charge < -0.3 is 16.0 Å². The van der Waals surface area contributed by atoms with E-state index in [4.69, 9.17) is 0 Å². The van der Waals surface area contributed by atoms with E-state index in [9.17, 15) is 14.4 Å². The van der Waals surface area contributed by atoms with Gasteiger partial charge in [0.05, 0.1) is 11.4 Å². The highest BCUT2D eigenvalue weighted by Gasteiger charge is 2.26. The predicted octanol–water partition coefficient (Wildman–Crippen LogP) is 2.63. The smallest absolute Gasteiger partial charge is 0.322 e. The molecule has 0 saturated heterocycles. The van der Waals surface area contributed by atoms with Crippen LogP contribution in [0.3, 0.4) is 0 Å². The summed E-state index contributed by atoms with van der Waals surface area (Å²) in [5.41, 5.74) is 1.31. The van der Waals surface area contributed by atoms with Gasteiger partial charge in [-0.3, -0.25) is 14.5 Å². The highest BCUT2D eigenvalue weighted by molar-refractivity contribution is 6.09. The lowest BCUT2D eigenvalue weighted by Gasteiger charge is -2.29. The van der Waals surface area contributed by atoms with E-state index in [0.29, 0.717) is 36.7 Å². The molecule has 1 aromatic carbocycles. The van der Waals surface area contributed by atoms with Crippen LogP contribution in [0.2, 0.25) is 0 Å². The Morgan fingerprint density at radius 1 is 1.22 bits per heavy atom. The topological polar surface area (TPSA) is 90.5 Å². The first-order valence-electron chi connectivity index (χ1n) is 9.78. The molecular formula is C20H28N4O3. The first-order valence-corrected chi connectivity index (χ1v) is 9.78. The maximum atomic E-state index is 12.4. The summed E-state index contributed by atoms with van der Waals surface area (Å²) in [5.74, 6) is 0.364. The van der Waals surface area contributed by atoms with Crippen LogP contribution in [-0.4, -0.2) is 37.0 Å². The summed E-state index contributed by atoms with van der Waals surface area (Å²) in [6, 6.07) is 7.17. The second-order valence-corrected chi connectivity index (χ2v) is 7.42. The Morgan fingerprint density at radius 2 is 2.00 bits per heavy atom. The molecule has 3 N–H and O–H groups in total. The second-order valence-electron chi connectivity index (χ2n) is 7.42. The lowest BCUT2D eigenvalue weighted by atomic mass is 9.86. The van der Waals surface area contributed by atoms with Gasteiger partial charge in [-0.15, -0.1) is 0 Å². The molecule has 0 spiro atoms. The standard InChI is InChI=1S/C20H28N4O3/c1-14-7-2-3-8-15(14)22-18(25)11-6-12-21-20(27)24-13-19(26)23-16-9-4-5-10-17(16)24/h4-5,9-10,14-15H,2-3,6-8,11-13H2,1H3,(H,21,27)(H,22,25)(H,23,26)/t14-,15-/m0/s1. The van der Waals surface area contributed by atoms with Crippen molar-refractivity contribution >= 4 is 29.2 Å². The van der Waals surface area contributed by atoms with Gasteiger partial charge in [0.15, 0.2) is 0 Å². The first kappa shape index (κ1) is 19.2. The number of benzene rings is 1. The number of rotatable bonds is 5. The molecule has 1 aliphatic heterocycles. The number of nitrogens with zero attached hydrogens (tertiary/aromatic N) is 1. The van der Waals surface area contributed by atoms with Gasteiger partial charge in [-0.1, -0.05) is 31.9 Å². The SMILES string of the molecule is C[C@H]1CCCC[C@@H]1NC(=O)CCCNC(=O)N1CC(=O)Nc2ccccc21. The Hall–Kier alpha value is -2.57. The Morgan fingerprint density at radius 3 is 2.81 bits per heavy atom. The number of fused-ring (bicyclic) bond motifs is 1. The number of carbonyl (C=O) groups excluding carboxylic acids is 3. The van der Waals surface area contributed by atoms with E-state index in [1.54, 1.807) is 12.1 Å². The molecule has 0 aromatic heterocycles. The minimum atomic E-state index is -0.321. The average molecular weight is 372 g/mol.